The van der Waals surface area contributed by atoms with E-state index in [0.717, 1.165) is 18.2 Å². The molecule has 0 aromatic carbocycles. The third kappa shape index (κ3) is 3.61. The maximum absolute atomic E-state index is 12.9. The summed E-state index contributed by atoms with van der Waals surface area (Å²) in [5.41, 5.74) is -0.395. The van der Waals surface area contributed by atoms with Crippen molar-refractivity contribution in [2.24, 2.45) is 0 Å². The summed E-state index contributed by atoms with van der Waals surface area (Å²) >= 11 is 0. The van der Waals surface area contributed by atoms with Crippen molar-refractivity contribution in [3.05, 3.63) is 51.3 Å². The van der Waals surface area contributed by atoms with E-state index in [0.29, 0.717) is 30.0 Å². The lowest BCUT2D eigenvalue weighted by atomic mass is 10.1. The molecule has 1 aliphatic rings. The van der Waals surface area contributed by atoms with Crippen LogP contribution in [0.1, 0.15) is 26.2 Å². The summed E-state index contributed by atoms with van der Waals surface area (Å²) < 4.78 is 1.63. The van der Waals surface area contributed by atoms with Crippen LogP contribution in [-0.4, -0.2) is 36.8 Å². The standard InChI is InChI=1S/C19H22N6O3/c1-2-25-8-6-11-9-14(23-19-20-7-5-15(27)24-19)22-17(16(11)18(25)28)21-12-3-4-13(26)10-12/h5-9,12-13,26H,2-4,10H2,1H3,(H3,20,21,22,23,24,27)/t12-,13-/m1/s1. The van der Waals surface area contributed by atoms with Crippen LogP contribution in [0.4, 0.5) is 17.6 Å². The van der Waals surface area contributed by atoms with Gasteiger partial charge in [-0.3, -0.25) is 14.6 Å². The Hall–Kier alpha value is -3.20. The molecule has 0 amide bonds. The molecule has 0 radical (unpaired) electrons. The van der Waals surface area contributed by atoms with Crippen LogP contribution in [0.5, 0.6) is 0 Å². The maximum atomic E-state index is 12.9. The summed E-state index contributed by atoms with van der Waals surface area (Å²) in [5.74, 6) is 1.19. The van der Waals surface area contributed by atoms with Gasteiger partial charge >= 0.3 is 0 Å². The number of fused-ring (bicyclic) bond motifs is 1. The topological polar surface area (TPSA) is 125 Å². The monoisotopic (exact) mass is 382 g/mol. The zero-order valence-corrected chi connectivity index (χ0v) is 15.5. The molecule has 3 heterocycles. The number of rotatable bonds is 5. The zero-order chi connectivity index (χ0) is 19.7. The number of aromatic nitrogens is 4. The molecule has 4 rings (SSSR count). The average molecular weight is 382 g/mol. The number of H-pyrrole nitrogens is 1. The Kier molecular flexibility index (Phi) is 4.82. The minimum atomic E-state index is -0.337. The molecule has 4 N–H and O–H groups in total. The normalized spacial score (nSPS) is 19.1. The Morgan fingerprint density at radius 1 is 1.32 bits per heavy atom. The number of hydrogen-bond donors (Lipinski definition) is 4. The Labute approximate surface area is 160 Å². The van der Waals surface area contributed by atoms with Gasteiger partial charge in [0.15, 0.2) is 0 Å². The van der Waals surface area contributed by atoms with Crippen molar-refractivity contribution in [1.82, 2.24) is 19.5 Å². The van der Waals surface area contributed by atoms with Crippen LogP contribution < -0.4 is 21.8 Å². The van der Waals surface area contributed by atoms with Crippen LogP contribution in [0, 0.1) is 0 Å². The lowest BCUT2D eigenvalue weighted by Crippen LogP contribution is -2.23. The zero-order valence-electron chi connectivity index (χ0n) is 15.5. The largest absolute Gasteiger partial charge is 0.393 e. The molecule has 1 aliphatic carbocycles. The van der Waals surface area contributed by atoms with Crippen LogP contribution in [0.2, 0.25) is 0 Å². The number of pyridine rings is 2. The van der Waals surface area contributed by atoms with E-state index in [1.54, 1.807) is 16.8 Å². The SMILES string of the molecule is CCn1ccc2cc(Nc3nccc(=O)[nH]3)nc(N[C@@H]3CC[C@@H](O)C3)c2c1=O. The van der Waals surface area contributed by atoms with Crippen molar-refractivity contribution < 1.29 is 5.11 Å². The van der Waals surface area contributed by atoms with Gasteiger partial charge in [-0.15, -0.1) is 0 Å². The van der Waals surface area contributed by atoms with E-state index in [-0.39, 0.29) is 29.2 Å². The van der Waals surface area contributed by atoms with Gasteiger partial charge in [0.05, 0.1) is 11.5 Å². The van der Waals surface area contributed by atoms with Gasteiger partial charge in [0.1, 0.15) is 11.6 Å². The van der Waals surface area contributed by atoms with E-state index in [1.165, 1.54) is 12.3 Å². The predicted octanol–water partition coefficient (Wildman–Crippen LogP) is 1.57. The van der Waals surface area contributed by atoms with Crippen LogP contribution in [0.15, 0.2) is 40.2 Å². The third-order valence-corrected chi connectivity index (χ3v) is 4.96. The van der Waals surface area contributed by atoms with Crippen molar-refractivity contribution >= 4 is 28.4 Å². The molecule has 146 valence electrons. The molecule has 0 saturated heterocycles. The second-order valence-corrected chi connectivity index (χ2v) is 6.94. The van der Waals surface area contributed by atoms with E-state index in [9.17, 15) is 14.7 Å². The first kappa shape index (κ1) is 18.2. The highest BCUT2D eigenvalue weighted by molar-refractivity contribution is 5.93. The number of anilines is 3. The van der Waals surface area contributed by atoms with Gasteiger partial charge in [-0.2, -0.15) is 0 Å². The summed E-state index contributed by atoms with van der Waals surface area (Å²) in [7, 11) is 0. The molecule has 28 heavy (non-hydrogen) atoms. The molecule has 9 nitrogen and oxygen atoms in total. The van der Waals surface area contributed by atoms with Crippen molar-refractivity contribution in [3.8, 4) is 0 Å². The lowest BCUT2D eigenvalue weighted by Gasteiger charge is -2.17. The van der Waals surface area contributed by atoms with Crippen LogP contribution >= 0.6 is 0 Å². The Bertz CT molecular complexity index is 1120. The first-order valence-corrected chi connectivity index (χ1v) is 9.34. The number of aromatic amines is 1. The smallest absolute Gasteiger partial charge is 0.262 e. The van der Waals surface area contributed by atoms with Gasteiger partial charge in [-0.25, -0.2) is 9.97 Å². The van der Waals surface area contributed by atoms with Crippen molar-refractivity contribution in [2.75, 3.05) is 10.6 Å². The van der Waals surface area contributed by atoms with Gasteiger partial charge in [-0.05, 0) is 43.7 Å². The number of nitrogens with one attached hydrogen (secondary N) is 3. The van der Waals surface area contributed by atoms with Crippen molar-refractivity contribution in [1.29, 1.82) is 0 Å². The molecule has 0 bridgehead atoms. The molecule has 9 heteroatoms. The molecular weight excluding hydrogens is 360 g/mol. The average Bonchev–Trinajstić information content (AvgIpc) is 3.06. The molecule has 3 aromatic rings. The van der Waals surface area contributed by atoms with E-state index in [4.69, 9.17) is 0 Å². The maximum Gasteiger partial charge on any atom is 0.262 e. The Morgan fingerprint density at radius 2 is 2.18 bits per heavy atom. The number of nitrogens with zero attached hydrogens (tertiary/aromatic N) is 3. The molecule has 1 saturated carbocycles. The summed E-state index contributed by atoms with van der Waals surface area (Å²) in [6.45, 7) is 2.47. The molecule has 2 atom stereocenters. The molecule has 3 aromatic heterocycles. The number of aliphatic hydroxyl groups is 1. The van der Waals surface area contributed by atoms with Gasteiger partial charge < -0.3 is 20.3 Å². The summed E-state index contributed by atoms with van der Waals surface area (Å²) in [6, 6.07) is 4.98. The van der Waals surface area contributed by atoms with Crippen LogP contribution in [0.25, 0.3) is 10.8 Å². The minimum absolute atomic E-state index is 0.0466. The van der Waals surface area contributed by atoms with Gasteiger partial charge in [-0.1, -0.05) is 0 Å². The third-order valence-electron chi connectivity index (χ3n) is 4.96. The first-order valence-electron chi connectivity index (χ1n) is 9.34. The molecular formula is C19H22N6O3. The van der Waals surface area contributed by atoms with E-state index in [1.807, 2.05) is 13.0 Å². The summed E-state index contributed by atoms with van der Waals surface area (Å²) in [6.07, 6.45) is 4.97. The van der Waals surface area contributed by atoms with Crippen molar-refractivity contribution in [3.63, 3.8) is 0 Å². The molecule has 1 fully saturated rings. The van der Waals surface area contributed by atoms with Crippen LogP contribution in [0.3, 0.4) is 0 Å². The molecule has 0 spiro atoms. The molecule has 0 unspecified atom stereocenters. The fourth-order valence-electron chi connectivity index (χ4n) is 3.56. The predicted molar refractivity (Wildman–Crippen MR) is 107 cm³/mol. The number of aliphatic hydroxyl groups excluding tert-OH is 1. The highest BCUT2D eigenvalue weighted by Crippen LogP contribution is 2.27. The van der Waals surface area contributed by atoms with Crippen molar-refractivity contribution in [2.45, 2.75) is 44.9 Å². The van der Waals surface area contributed by atoms with E-state index >= 15 is 0 Å². The number of aryl methyl sites for hydroxylation is 1. The van der Waals surface area contributed by atoms with Gasteiger partial charge in [0.2, 0.25) is 5.95 Å². The van der Waals surface area contributed by atoms with Crippen LogP contribution in [-0.2, 0) is 6.54 Å². The fraction of sp³-hybridized carbons (Fsp3) is 0.368. The second kappa shape index (κ2) is 7.43. The Balaban J connectivity index is 1.79. The minimum Gasteiger partial charge on any atom is -0.393 e. The first-order chi connectivity index (χ1) is 13.5. The fourth-order valence-corrected chi connectivity index (χ4v) is 3.56. The highest BCUT2D eigenvalue weighted by atomic mass is 16.3. The van der Waals surface area contributed by atoms with Gasteiger partial charge in [0, 0.05) is 31.0 Å². The summed E-state index contributed by atoms with van der Waals surface area (Å²) in [5, 5.41) is 17.4. The second-order valence-electron chi connectivity index (χ2n) is 6.94. The summed E-state index contributed by atoms with van der Waals surface area (Å²) in [4.78, 5) is 35.6. The van der Waals surface area contributed by atoms with E-state index < -0.39 is 0 Å². The number of hydrogen-bond acceptors (Lipinski definition) is 7. The quantitative estimate of drug-likeness (QED) is 0.528. The van der Waals surface area contributed by atoms with E-state index in [2.05, 4.69) is 25.6 Å². The highest BCUT2D eigenvalue weighted by Gasteiger charge is 2.24. The lowest BCUT2D eigenvalue weighted by molar-refractivity contribution is 0.182. The Morgan fingerprint density at radius 3 is 2.89 bits per heavy atom. The molecule has 0 aliphatic heterocycles. The van der Waals surface area contributed by atoms with Gasteiger partial charge in [0.25, 0.3) is 11.1 Å².